The average Bonchev–Trinajstić information content (AvgIpc) is 3.15. The van der Waals surface area contributed by atoms with Gasteiger partial charge in [-0.15, -0.1) is 23.4 Å². The Bertz CT molecular complexity index is 1070. The van der Waals surface area contributed by atoms with E-state index in [1.54, 1.807) is 17.8 Å². The fourth-order valence-corrected chi connectivity index (χ4v) is 7.30. The number of halogens is 2. The van der Waals surface area contributed by atoms with Crippen molar-refractivity contribution in [3.05, 3.63) is 57.9 Å². The fourth-order valence-electron chi connectivity index (χ4n) is 5.09. The van der Waals surface area contributed by atoms with Crippen LogP contribution in [0.15, 0.2) is 35.5 Å². The standard InChI is InChI=1S/C28H36Cl2N2O4S/c1-18-15-31-16-27(19(18)2)37-17-23-21(26(33)14-25(23)30)5-3-20-4-6-22(24(29)13-20)28(34)36-12-9-32-7-10-35-11-8-32/h4,6,13,15-16,21,23,25-26,33H,3,5,7-12,14,17H2,1-2H3/t21-,23-,25?,26?/m1/s1. The maximum absolute atomic E-state index is 12.5. The molecule has 2 aromatic rings. The topological polar surface area (TPSA) is 71.9 Å². The molecule has 1 saturated heterocycles. The fraction of sp³-hybridized carbons (Fsp3) is 0.571. The number of rotatable bonds is 10. The number of carbonyl (C=O) groups excluding carboxylic acids is 1. The number of ether oxygens (including phenoxy) is 2. The maximum atomic E-state index is 12.5. The number of aliphatic hydroxyl groups is 1. The predicted molar refractivity (Wildman–Crippen MR) is 149 cm³/mol. The van der Waals surface area contributed by atoms with Gasteiger partial charge in [0, 0.05) is 48.1 Å². The summed E-state index contributed by atoms with van der Waals surface area (Å²) in [5, 5.41) is 11.1. The van der Waals surface area contributed by atoms with E-state index in [-0.39, 0.29) is 17.2 Å². The van der Waals surface area contributed by atoms with Crippen LogP contribution in [0.4, 0.5) is 0 Å². The number of hydrogen-bond acceptors (Lipinski definition) is 7. The molecule has 6 nitrogen and oxygen atoms in total. The number of carbonyl (C=O) groups is 1. The molecule has 0 radical (unpaired) electrons. The highest BCUT2D eigenvalue weighted by molar-refractivity contribution is 7.99. The van der Waals surface area contributed by atoms with Gasteiger partial charge in [0.15, 0.2) is 0 Å². The highest BCUT2D eigenvalue weighted by Gasteiger charge is 2.41. The predicted octanol–water partition coefficient (Wildman–Crippen LogP) is 5.17. The summed E-state index contributed by atoms with van der Waals surface area (Å²) in [6.07, 6.45) is 5.55. The Balaban J connectivity index is 1.30. The summed E-state index contributed by atoms with van der Waals surface area (Å²) in [5.41, 5.74) is 3.84. The summed E-state index contributed by atoms with van der Waals surface area (Å²) >= 11 is 14.9. The zero-order valence-electron chi connectivity index (χ0n) is 21.5. The minimum Gasteiger partial charge on any atom is -0.461 e. The number of thioether (sulfide) groups is 1. The first-order chi connectivity index (χ1) is 17.8. The van der Waals surface area contributed by atoms with E-state index in [9.17, 15) is 9.90 Å². The summed E-state index contributed by atoms with van der Waals surface area (Å²) in [5.74, 6) is 0.756. The Labute approximate surface area is 234 Å². The second kappa shape index (κ2) is 13.6. The number of aliphatic hydroxyl groups excluding tert-OH is 1. The SMILES string of the molecule is Cc1cncc(SC[C@H]2C(Cl)CC(O)[C@@H]2CCc2ccc(C(=O)OCCN3CCOCC3)c(Cl)c2)c1C. The Hall–Kier alpha value is -1.35. The van der Waals surface area contributed by atoms with Gasteiger partial charge < -0.3 is 14.6 Å². The van der Waals surface area contributed by atoms with Crippen molar-refractivity contribution in [2.75, 3.05) is 45.2 Å². The van der Waals surface area contributed by atoms with Crippen molar-refractivity contribution in [3.8, 4) is 0 Å². The first-order valence-electron chi connectivity index (χ1n) is 12.9. The van der Waals surface area contributed by atoms with E-state index < -0.39 is 12.1 Å². The number of aromatic nitrogens is 1. The lowest BCUT2D eigenvalue weighted by molar-refractivity contribution is 0.0195. The van der Waals surface area contributed by atoms with Crippen molar-refractivity contribution < 1.29 is 19.4 Å². The van der Waals surface area contributed by atoms with Crippen LogP contribution in [0, 0.1) is 25.7 Å². The van der Waals surface area contributed by atoms with Crippen LogP contribution in [0.25, 0.3) is 0 Å². The molecular weight excluding hydrogens is 531 g/mol. The van der Waals surface area contributed by atoms with Crippen LogP contribution in [-0.2, 0) is 15.9 Å². The number of nitrogens with zero attached hydrogens (tertiary/aromatic N) is 2. The van der Waals surface area contributed by atoms with Crippen LogP contribution >= 0.6 is 35.0 Å². The molecule has 1 aliphatic carbocycles. The van der Waals surface area contributed by atoms with Crippen molar-refractivity contribution in [1.29, 1.82) is 0 Å². The first kappa shape index (κ1) is 28.7. The number of hydrogen-bond donors (Lipinski definition) is 1. The second-order valence-electron chi connectivity index (χ2n) is 9.98. The normalized spacial score (nSPS) is 24.4. The molecule has 2 fully saturated rings. The van der Waals surface area contributed by atoms with Gasteiger partial charge in [-0.1, -0.05) is 17.7 Å². The number of aryl methyl sites for hydroxylation is 2. The van der Waals surface area contributed by atoms with Crippen LogP contribution in [0.1, 0.15) is 39.9 Å². The van der Waals surface area contributed by atoms with Gasteiger partial charge in [0.1, 0.15) is 6.61 Å². The molecule has 0 amide bonds. The smallest absolute Gasteiger partial charge is 0.339 e. The number of esters is 1. The molecular formula is C28H36Cl2N2O4S. The highest BCUT2D eigenvalue weighted by Crippen LogP contribution is 2.42. The monoisotopic (exact) mass is 566 g/mol. The lowest BCUT2D eigenvalue weighted by atomic mass is 9.89. The zero-order valence-corrected chi connectivity index (χ0v) is 23.8. The molecule has 1 saturated carbocycles. The van der Waals surface area contributed by atoms with Crippen LogP contribution in [0.2, 0.25) is 5.02 Å². The van der Waals surface area contributed by atoms with Crippen LogP contribution < -0.4 is 0 Å². The van der Waals surface area contributed by atoms with Gasteiger partial charge in [-0.25, -0.2) is 4.79 Å². The van der Waals surface area contributed by atoms with Gasteiger partial charge in [-0.05, 0) is 73.8 Å². The Kier molecular flexibility index (Phi) is 10.6. The van der Waals surface area contributed by atoms with Crippen molar-refractivity contribution in [3.63, 3.8) is 0 Å². The van der Waals surface area contributed by atoms with Gasteiger partial charge in [0.2, 0.25) is 0 Å². The Morgan fingerprint density at radius 3 is 2.78 bits per heavy atom. The molecule has 1 aromatic heterocycles. The summed E-state index contributed by atoms with van der Waals surface area (Å²) < 4.78 is 10.8. The van der Waals surface area contributed by atoms with Crippen LogP contribution in [0.3, 0.4) is 0 Å². The van der Waals surface area contributed by atoms with E-state index >= 15 is 0 Å². The first-order valence-corrected chi connectivity index (χ1v) is 14.7. The van der Waals surface area contributed by atoms with E-state index in [1.165, 1.54) is 16.0 Å². The second-order valence-corrected chi connectivity index (χ2v) is 12.0. The number of morpholine rings is 1. The van der Waals surface area contributed by atoms with E-state index in [1.807, 2.05) is 24.5 Å². The number of pyridine rings is 1. The van der Waals surface area contributed by atoms with Crippen molar-refractivity contribution in [2.45, 2.75) is 49.5 Å². The van der Waals surface area contributed by atoms with Crippen LogP contribution in [0.5, 0.6) is 0 Å². The summed E-state index contributed by atoms with van der Waals surface area (Å²) in [6, 6.07) is 5.51. The molecule has 9 heteroatoms. The third kappa shape index (κ3) is 7.61. The molecule has 1 aromatic carbocycles. The molecule has 2 aliphatic rings. The lowest BCUT2D eigenvalue weighted by Gasteiger charge is -2.26. The van der Waals surface area contributed by atoms with Gasteiger partial charge in [0.25, 0.3) is 0 Å². The van der Waals surface area contributed by atoms with E-state index in [2.05, 4.69) is 23.7 Å². The minimum absolute atomic E-state index is 0.0521. The quantitative estimate of drug-likeness (QED) is 0.241. The third-order valence-corrected chi connectivity index (χ3v) is 9.68. The van der Waals surface area contributed by atoms with Gasteiger partial charge in [-0.3, -0.25) is 9.88 Å². The number of benzene rings is 1. The molecule has 4 atom stereocenters. The summed E-state index contributed by atoms with van der Waals surface area (Å²) in [4.78, 5) is 20.3. The van der Waals surface area contributed by atoms with Crippen molar-refractivity contribution in [1.82, 2.24) is 9.88 Å². The maximum Gasteiger partial charge on any atom is 0.339 e. The average molecular weight is 568 g/mol. The molecule has 2 unspecified atom stereocenters. The van der Waals surface area contributed by atoms with Crippen molar-refractivity contribution in [2.24, 2.45) is 11.8 Å². The largest absolute Gasteiger partial charge is 0.461 e. The highest BCUT2D eigenvalue weighted by atomic mass is 35.5. The molecule has 4 rings (SSSR count). The van der Waals surface area contributed by atoms with Gasteiger partial charge in [0.05, 0.1) is 29.9 Å². The zero-order chi connectivity index (χ0) is 26.4. The summed E-state index contributed by atoms with van der Waals surface area (Å²) in [6.45, 7) is 8.35. The third-order valence-electron chi connectivity index (χ3n) is 7.59. The molecule has 0 spiro atoms. The Morgan fingerprint density at radius 2 is 2.03 bits per heavy atom. The van der Waals surface area contributed by atoms with E-state index in [0.29, 0.717) is 43.4 Å². The summed E-state index contributed by atoms with van der Waals surface area (Å²) in [7, 11) is 0. The van der Waals surface area contributed by atoms with Gasteiger partial charge >= 0.3 is 5.97 Å². The van der Waals surface area contributed by atoms with Crippen molar-refractivity contribution >= 4 is 40.9 Å². The van der Waals surface area contributed by atoms with E-state index in [0.717, 1.165) is 37.2 Å². The lowest BCUT2D eigenvalue weighted by Crippen LogP contribution is -2.38. The molecule has 202 valence electrons. The Morgan fingerprint density at radius 1 is 1.24 bits per heavy atom. The molecule has 0 bridgehead atoms. The minimum atomic E-state index is -0.416. The van der Waals surface area contributed by atoms with Gasteiger partial charge in [-0.2, -0.15) is 0 Å². The molecule has 1 aliphatic heterocycles. The molecule has 2 heterocycles. The van der Waals surface area contributed by atoms with E-state index in [4.69, 9.17) is 32.7 Å². The van der Waals surface area contributed by atoms with Crippen LogP contribution in [-0.4, -0.2) is 77.6 Å². The molecule has 1 N–H and O–H groups in total. The molecule has 37 heavy (non-hydrogen) atoms. The number of alkyl halides is 1.